The van der Waals surface area contributed by atoms with Crippen LogP contribution in [0.25, 0.3) is 0 Å². The van der Waals surface area contributed by atoms with Gasteiger partial charge in [0.1, 0.15) is 4.34 Å². The molecular weight excluding hydrogens is 473 g/mol. The first-order valence-electron chi connectivity index (χ1n) is 8.14. The number of ether oxygens (including phenoxy) is 1. The number of nitrogens with one attached hydrogen (secondary N) is 1. The number of hydrogen-bond acceptors (Lipinski definition) is 6. The summed E-state index contributed by atoms with van der Waals surface area (Å²) in [6.07, 6.45) is 2.66. The van der Waals surface area contributed by atoms with Crippen LogP contribution in [0.1, 0.15) is 13.3 Å². The third-order valence-electron chi connectivity index (χ3n) is 3.56. The number of piperazine rings is 1. The van der Waals surface area contributed by atoms with Crippen LogP contribution in [0.4, 0.5) is 4.79 Å². The number of hydrogen-bond donors (Lipinski definition) is 1. The minimum absolute atomic E-state index is 0. The Morgan fingerprint density at radius 1 is 1.40 bits per heavy atom. The van der Waals surface area contributed by atoms with E-state index in [0.717, 1.165) is 42.1 Å². The monoisotopic (exact) mass is 499 g/mol. The molecule has 1 amide bonds. The highest BCUT2D eigenvalue weighted by molar-refractivity contribution is 14.0. The molecule has 2 heterocycles. The number of halogens is 1. The van der Waals surface area contributed by atoms with Gasteiger partial charge in [0.15, 0.2) is 5.96 Å². The predicted molar refractivity (Wildman–Crippen MR) is 114 cm³/mol. The number of rotatable bonds is 6. The lowest BCUT2D eigenvalue weighted by molar-refractivity contribution is 0.0915. The maximum absolute atomic E-state index is 11.7. The highest BCUT2D eigenvalue weighted by Gasteiger charge is 2.23. The van der Waals surface area contributed by atoms with Crippen LogP contribution in [0.15, 0.2) is 20.9 Å². The molecule has 1 aromatic heterocycles. The van der Waals surface area contributed by atoms with Crippen molar-refractivity contribution in [3.8, 4) is 0 Å². The first-order chi connectivity index (χ1) is 11.7. The molecule has 25 heavy (non-hydrogen) atoms. The maximum Gasteiger partial charge on any atom is 0.409 e. The zero-order valence-electron chi connectivity index (χ0n) is 14.6. The number of thioether (sulfide) groups is 1. The van der Waals surface area contributed by atoms with E-state index in [9.17, 15) is 4.79 Å². The van der Waals surface area contributed by atoms with E-state index in [-0.39, 0.29) is 30.1 Å². The minimum Gasteiger partial charge on any atom is -0.450 e. The lowest BCUT2D eigenvalue weighted by atomic mass is 10.3. The summed E-state index contributed by atoms with van der Waals surface area (Å²) < 4.78 is 6.16. The molecule has 1 aliphatic heterocycles. The zero-order valence-corrected chi connectivity index (χ0v) is 18.6. The van der Waals surface area contributed by atoms with E-state index in [1.807, 2.05) is 18.5 Å². The van der Waals surface area contributed by atoms with Crippen molar-refractivity contribution >= 4 is 59.1 Å². The summed E-state index contributed by atoms with van der Waals surface area (Å²) in [5.74, 6) is 1.94. The van der Waals surface area contributed by atoms with Gasteiger partial charge in [-0.2, -0.15) is 0 Å². The minimum atomic E-state index is -0.223. The second-order valence-electron chi connectivity index (χ2n) is 5.15. The summed E-state index contributed by atoms with van der Waals surface area (Å²) in [7, 11) is 1.80. The van der Waals surface area contributed by atoms with Gasteiger partial charge in [0.05, 0.1) is 6.61 Å². The fraction of sp³-hybridized carbons (Fsp3) is 0.667. The van der Waals surface area contributed by atoms with E-state index in [2.05, 4.69) is 20.2 Å². The summed E-state index contributed by atoms with van der Waals surface area (Å²) in [5.41, 5.74) is 0. The lowest BCUT2D eigenvalue weighted by Gasteiger charge is -2.35. The van der Waals surface area contributed by atoms with Crippen LogP contribution >= 0.6 is 47.1 Å². The van der Waals surface area contributed by atoms with Gasteiger partial charge >= 0.3 is 6.09 Å². The molecule has 0 aromatic carbocycles. The summed E-state index contributed by atoms with van der Waals surface area (Å²) >= 11 is 3.46. The second kappa shape index (κ2) is 12.6. The van der Waals surface area contributed by atoms with Crippen LogP contribution in [0, 0.1) is 0 Å². The normalized spacial score (nSPS) is 14.9. The number of carbonyl (C=O) groups is 1. The smallest absolute Gasteiger partial charge is 0.409 e. The molecular formula is C15H26IN5O2S2. The lowest BCUT2D eigenvalue weighted by Crippen LogP contribution is -2.54. The van der Waals surface area contributed by atoms with Gasteiger partial charge in [-0.05, 0) is 13.3 Å². The van der Waals surface area contributed by atoms with Crippen LogP contribution in [0.5, 0.6) is 0 Å². The number of nitrogens with zero attached hydrogens (tertiary/aromatic N) is 4. The fourth-order valence-corrected chi connectivity index (χ4v) is 4.01. The van der Waals surface area contributed by atoms with E-state index in [4.69, 9.17) is 4.74 Å². The van der Waals surface area contributed by atoms with Crippen molar-refractivity contribution in [1.29, 1.82) is 0 Å². The van der Waals surface area contributed by atoms with Crippen molar-refractivity contribution in [2.45, 2.75) is 17.7 Å². The van der Waals surface area contributed by atoms with Crippen molar-refractivity contribution in [3.63, 3.8) is 0 Å². The van der Waals surface area contributed by atoms with Crippen molar-refractivity contribution in [2.24, 2.45) is 4.99 Å². The standard InChI is InChI=1S/C15H25N5O2S2.HI/c1-3-22-15(21)20-9-7-19(8-10-20)13(16-2)17-5-4-11-23-14-18-6-12-24-14;/h6,12H,3-5,7-11H2,1-2H3,(H,16,17);1H. The molecule has 1 fully saturated rings. The molecule has 1 aromatic rings. The molecule has 7 nitrogen and oxygen atoms in total. The van der Waals surface area contributed by atoms with Gasteiger partial charge in [0.2, 0.25) is 0 Å². The molecule has 1 N–H and O–H groups in total. The fourth-order valence-electron chi connectivity index (χ4n) is 2.36. The summed E-state index contributed by atoms with van der Waals surface area (Å²) in [5, 5.41) is 5.40. The topological polar surface area (TPSA) is 70.1 Å². The molecule has 0 spiro atoms. The Morgan fingerprint density at radius 3 is 2.72 bits per heavy atom. The predicted octanol–water partition coefficient (Wildman–Crippen LogP) is 2.59. The second-order valence-corrected chi connectivity index (χ2v) is 7.38. The van der Waals surface area contributed by atoms with Crippen LogP contribution in [-0.2, 0) is 4.74 Å². The maximum atomic E-state index is 11.7. The van der Waals surface area contributed by atoms with E-state index >= 15 is 0 Å². The average Bonchev–Trinajstić information content (AvgIpc) is 3.12. The summed E-state index contributed by atoms with van der Waals surface area (Å²) in [6, 6.07) is 0. The Labute approximate surface area is 174 Å². The Balaban J connectivity index is 0.00000312. The van der Waals surface area contributed by atoms with Gasteiger partial charge in [-0.3, -0.25) is 4.99 Å². The van der Waals surface area contributed by atoms with Gasteiger partial charge in [-0.15, -0.1) is 35.3 Å². The number of thiazole rings is 1. The van der Waals surface area contributed by atoms with Crippen LogP contribution < -0.4 is 5.32 Å². The van der Waals surface area contributed by atoms with Crippen LogP contribution in [0.3, 0.4) is 0 Å². The van der Waals surface area contributed by atoms with Crippen LogP contribution in [0.2, 0.25) is 0 Å². The van der Waals surface area contributed by atoms with Crippen molar-refractivity contribution in [3.05, 3.63) is 11.6 Å². The molecule has 0 atom stereocenters. The number of aromatic nitrogens is 1. The molecule has 10 heteroatoms. The van der Waals surface area contributed by atoms with E-state index in [1.54, 1.807) is 35.0 Å². The Kier molecular flexibility index (Phi) is 11.2. The van der Waals surface area contributed by atoms with Crippen molar-refractivity contribution in [1.82, 2.24) is 20.1 Å². The SMILES string of the molecule is CCOC(=O)N1CCN(C(=NC)NCCCSc2nccs2)CC1.I. The first-order valence-corrected chi connectivity index (χ1v) is 10.0. The summed E-state index contributed by atoms with van der Waals surface area (Å²) in [6.45, 7) is 5.99. The molecule has 0 aliphatic carbocycles. The Hall–Kier alpha value is -0.750. The summed E-state index contributed by atoms with van der Waals surface area (Å²) in [4.78, 5) is 24.3. The van der Waals surface area contributed by atoms with Gasteiger partial charge in [-0.1, -0.05) is 11.8 Å². The third kappa shape index (κ3) is 7.57. The number of aliphatic imine (C=N–C) groups is 1. The quantitative estimate of drug-likeness (QED) is 0.213. The van der Waals surface area contributed by atoms with E-state index in [0.29, 0.717) is 19.7 Å². The molecule has 142 valence electrons. The number of amides is 1. The molecule has 2 rings (SSSR count). The highest BCUT2D eigenvalue weighted by atomic mass is 127. The zero-order chi connectivity index (χ0) is 17.2. The van der Waals surface area contributed by atoms with Crippen molar-refractivity contribution in [2.75, 3.05) is 52.1 Å². The highest BCUT2D eigenvalue weighted by Crippen LogP contribution is 2.20. The number of carbonyl (C=O) groups excluding carboxylic acids is 1. The van der Waals surface area contributed by atoms with E-state index < -0.39 is 0 Å². The average molecular weight is 499 g/mol. The van der Waals surface area contributed by atoms with Gasteiger partial charge < -0.3 is 19.9 Å². The third-order valence-corrected chi connectivity index (χ3v) is 5.61. The molecule has 0 radical (unpaired) electrons. The van der Waals surface area contributed by atoms with Gasteiger partial charge in [0, 0.05) is 57.1 Å². The van der Waals surface area contributed by atoms with Gasteiger partial charge in [0.25, 0.3) is 0 Å². The number of guanidine groups is 1. The van der Waals surface area contributed by atoms with Gasteiger partial charge in [-0.25, -0.2) is 9.78 Å². The molecule has 0 saturated carbocycles. The Bertz CT molecular complexity index is 522. The molecule has 0 unspecified atom stereocenters. The molecule has 0 bridgehead atoms. The Morgan fingerprint density at radius 2 is 2.12 bits per heavy atom. The van der Waals surface area contributed by atoms with Crippen LogP contribution in [-0.4, -0.2) is 79.0 Å². The van der Waals surface area contributed by atoms with E-state index in [1.165, 1.54) is 0 Å². The molecule has 1 aliphatic rings. The largest absolute Gasteiger partial charge is 0.450 e. The molecule has 1 saturated heterocycles. The first kappa shape index (κ1) is 22.3. The van der Waals surface area contributed by atoms with Crippen molar-refractivity contribution < 1.29 is 9.53 Å².